The minimum Gasteiger partial charge on any atom is -0.491 e. The number of carboxylic acids is 1. The fraction of sp³-hybridized carbons (Fsp3) is 0.500. The highest BCUT2D eigenvalue weighted by Gasteiger charge is 2.19. The number of carbonyl (C=O) groups excluding carboxylic acids is 1. The van der Waals surface area contributed by atoms with E-state index in [2.05, 4.69) is 15.3 Å². The average molecular weight is 382 g/mol. The molecule has 1 aromatic rings. The summed E-state index contributed by atoms with van der Waals surface area (Å²) in [5, 5.41) is 32.4. The minimum atomic E-state index is -1.22. The molecule has 1 rings (SSSR count). The molecule has 0 saturated heterocycles. The van der Waals surface area contributed by atoms with Gasteiger partial charge in [-0.2, -0.15) is 0 Å². The predicted octanol–water partition coefficient (Wildman–Crippen LogP) is 0.205. The van der Waals surface area contributed by atoms with Gasteiger partial charge in [0.2, 0.25) is 5.91 Å². The standard InChI is InChI=1S/C16H22N4O7/c17-20-18-7-15(23)19-14(16(24)25)4-5-26-9-11-2-1-3-13(6-11)27-10-12(22)8-21/h1-3,6,12,14,21-22H,4-5,7-10H2,(H,19,23)(H,24,25). The number of nitrogens with zero attached hydrogens (tertiary/aromatic N) is 3. The van der Waals surface area contributed by atoms with E-state index in [4.69, 9.17) is 25.2 Å². The van der Waals surface area contributed by atoms with Crippen molar-refractivity contribution in [2.24, 2.45) is 5.11 Å². The van der Waals surface area contributed by atoms with Crippen LogP contribution in [-0.2, 0) is 20.9 Å². The number of amides is 1. The molecule has 148 valence electrons. The number of aliphatic hydroxyl groups excluding tert-OH is 2. The number of carboxylic acid groups (broad SMARTS) is 1. The Hall–Kier alpha value is -2.85. The molecule has 1 aromatic carbocycles. The minimum absolute atomic E-state index is 0.0379. The molecular weight excluding hydrogens is 360 g/mol. The maximum Gasteiger partial charge on any atom is 0.326 e. The molecule has 11 nitrogen and oxygen atoms in total. The largest absolute Gasteiger partial charge is 0.491 e. The molecule has 11 heteroatoms. The predicted molar refractivity (Wildman–Crippen MR) is 92.9 cm³/mol. The summed E-state index contributed by atoms with van der Waals surface area (Å²) in [5.74, 6) is -1.40. The first-order chi connectivity index (χ1) is 13.0. The van der Waals surface area contributed by atoms with Gasteiger partial charge in [0, 0.05) is 17.9 Å². The second-order valence-corrected chi connectivity index (χ2v) is 5.48. The Balaban J connectivity index is 2.41. The van der Waals surface area contributed by atoms with Crippen LogP contribution >= 0.6 is 0 Å². The third-order valence-corrected chi connectivity index (χ3v) is 3.28. The Labute approximate surface area is 155 Å². The summed E-state index contributed by atoms with van der Waals surface area (Å²) in [6, 6.07) is 5.75. The Bertz CT molecular complexity index is 664. The molecule has 0 bridgehead atoms. The van der Waals surface area contributed by atoms with E-state index in [0.29, 0.717) is 5.75 Å². The lowest BCUT2D eigenvalue weighted by molar-refractivity contribution is -0.142. The van der Waals surface area contributed by atoms with Gasteiger partial charge in [0.15, 0.2) is 0 Å². The molecule has 0 radical (unpaired) electrons. The van der Waals surface area contributed by atoms with E-state index in [-0.39, 0.29) is 26.2 Å². The first-order valence-electron chi connectivity index (χ1n) is 8.07. The van der Waals surface area contributed by atoms with Crippen molar-refractivity contribution >= 4 is 11.9 Å². The van der Waals surface area contributed by atoms with Crippen molar-refractivity contribution in [3.8, 4) is 5.75 Å². The monoisotopic (exact) mass is 382 g/mol. The Morgan fingerprint density at radius 1 is 1.37 bits per heavy atom. The number of aliphatic carboxylic acids is 1. The summed E-state index contributed by atoms with van der Waals surface area (Å²) in [6.45, 7) is -0.645. The summed E-state index contributed by atoms with van der Waals surface area (Å²) >= 11 is 0. The number of hydrogen-bond acceptors (Lipinski definition) is 7. The Morgan fingerprint density at radius 3 is 2.81 bits per heavy atom. The van der Waals surface area contributed by atoms with Crippen molar-refractivity contribution in [3.63, 3.8) is 0 Å². The molecule has 0 fully saturated rings. The smallest absolute Gasteiger partial charge is 0.326 e. The second-order valence-electron chi connectivity index (χ2n) is 5.48. The van der Waals surface area contributed by atoms with Crippen LogP contribution in [0.4, 0.5) is 0 Å². The van der Waals surface area contributed by atoms with Gasteiger partial charge in [0.1, 0.15) is 31.0 Å². The van der Waals surface area contributed by atoms with Crippen LogP contribution < -0.4 is 10.1 Å². The number of hydrogen-bond donors (Lipinski definition) is 4. The highest BCUT2D eigenvalue weighted by molar-refractivity contribution is 5.84. The normalized spacial score (nSPS) is 12.5. The molecule has 0 heterocycles. The van der Waals surface area contributed by atoms with Crippen molar-refractivity contribution in [2.45, 2.75) is 25.2 Å². The van der Waals surface area contributed by atoms with E-state index in [1.165, 1.54) is 0 Å². The number of benzene rings is 1. The highest BCUT2D eigenvalue weighted by Crippen LogP contribution is 2.14. The van der Waals surface area contributed by atoms with Gasteiger partial charge in [0.05, 0.1) is 13.2 Å². The second kappa shape index (κ2) is 12.5. The van der Waals surface area contributed by atoms with Gasteiger partial charge < -0.3 is 30.1 Å². The van der Waals surface area contributed by atoms with Gasteiger partial charge in [-0.15, -0.1) is 0 Å². The lowest BCUT2D eigenvalue weighted by Crippen LogP contribution is -2.42. The van der Waals surface area contributed by atoms with Crippen LogP contribution in [0.3, 0.4) is 0 Å². The highest BCUT2D eigenvalue weighted by atomic mass is 16.5. The fourth-order valence-corrected chi connectivity index (χ4v) is 1.95. The number of rotatable bonds is 13. The molecule has 2 atom stereocenters. The van der Waals surface area contributed by atoms with Crippen molar-refractivity contribution in [2.75, 3.05) is 26.4 Å². The number of ether oxygens (including phenoxy) is 2. The maximum absolute atomic E-state index is 11.4. The van der Waals surface area contributed by atoms with Gasteiger partial charge in [-0.05, 0) is 23.2 Å². The molecule has 27 heavy (non-hydrogen) atoms. The van der Waals surface area contributed by atoms with Crippen LogP contribution in [-0.4, -0.2) is 65.7 Å². The molecular formula is C16H22N4O7. The lowest BCUT2D eigenvalue weighted by atomic mass is 10.2. The van der Waals surface area contributed by atoms with Gasteiger partial charge >= 0.3 is 5.97 Å². The zero-order valence-electron chi connectivity index (χ0n) is 14.5. The van der Waals surface area contributed by atoms with E-state index >= 15 is 0 Å². The molecule has 0 aromatic heterocycles. The Morgan fingerprint density at radius 2 is 2.15 bits per heavy atom. The van der Waals surface area contributed by atoms with Crippen LogP contribution in [0.2, 0.25) is 0 Å². The third kappa shape index (κ3) is 9.42. The van der Waals surface area contributed by atoms with Crippen molar-refractivity contribution < 1.29 is 34.4 Å². The zero-order chi connectivity index (χ0) is 20.1. The van der Waals surface area contributed by atoms with Crippen molar-refractivity contribution in [1.82, 2.24) is 5.32 Å². The van der Waals surface area contributed by atoms with Crippen LogP contribution in [0.1, 0.15) is 12.0 Å². The SMILES string of the molecule is [N-]=[N+]=NCC(=O)NC(CCOCc1cccc(OCC(O)CO)c1)C(=O)O. The summed E-state index contributed by atoms with van der Waals surface area (Å²) in [6.07, 6.45) is -0.928. The van der Waals surface area contributed by atoms with E-state index in [1.54, 1.807) is 24.3 Å². The van der Waals surface area contributed by atoms with Gasteiger partial charge in [0.25, 0.3) is 0 Å². The third-order valence-electron chi connectivity index (χ3n) is 3.28. The van der Waals surface area contributed by atoms with Crippen molar-refractivity contribution in [1.29, 1.82) is 0 Å². The molecule has 0 aliphatic carbocycles. The first-order valence-corrected chi connectivity index (χ1v) is 8.07. The number of nitrogens with one attached hydrogen (secondary N) is 1. The van der Waals surface area contributed by atoms with Crippen LogP contribution in [0.15, 0.2) is 29.4 Å². The van der Waals surface area contributed by atoms with Crippen LogP contribution in [0.25, 0.3) is 10.4 Å². The maximum atomic E-state index is 11.4. The molecule has 0 spiro atoms. The topological polar surface area (TPSA) is 174 Å². The summed E-state index contributed by atoms with van der Waals surface area (Å²) in [5.41, 5.74) is 8.91. The molecule has 0 aliphatic rings. The molecule has 1 amide bonds. The molecule has 4 N–H and O–H groups in total. The lowest BCUT2D eigenvalue weighted by Gasteiger charge is -2.14. The van der Waals surface area contributed by atoms with Crippen LogP contribution in [0.5, 0.6) is 5.75 Å². The first kappa shape index (κ1) is 22.2. The fourth-order valence-electron chi connectivity index (χ4n) is 1.95. The van der Waals surface area contributed by atoms with E-state index in [1.807, 2.05) is 0 Å². The molecule has 2 unspecified atom stereocenters. The number of azide groups is 1. The summed E-state index contributed by atoms with van der Waals surface area (Å²) < 4.78 is 10.7. The van der Waals surface area contributed by atoms with E-state index in [9.17, 15) is 14.7 Å². The quantitative estimate of drug-likeness (QED) is 0.163. The molecule has 0 aliphatic heterocycles. The summed E-state index contributed by atoms with van der Waals surface area (Å²) in [4.78, 5) is 25.0. The van der Waals surface area contributed by atoms with E-state index in [0.717, 1.165) is 5.56 Å². The Kier molecular flexibility index (Phi) is 10.3. The summed E-state index contributed by atoms with van der Waals surface area (Å²) in [7, 11) is 0. The van der Waals surface area contributed by atoms with Gasteiger partial charge in [-0.3, -0.25) is 4.79 Å². The van der Waals surface area contributed by atoms with E-state index < -0.39 is 37.2 Å². The number of aliphatic hydroxyl groups is 2. The number of carbonyl (C=O) groups is 2. The van der Waals surface area contributed by atoms with Gasteiger partial charge in [-0.1, -0.05) is 17.2 Å². The van der Waals surface area contributed by atoms with Crippen molar-refractivity contribution in [3.05, 3.63) is 40.3 Å². The average Bonchev–Trinajstić information content (AvgIpc) is 2.66. The van der Waals surface area contributed by atoms with Gasteiger partial charge in [-0.25, -0.2) is 4.79 Å². The zero-order valence-corrected chi connectivity index (χ0v) is 14.5. The van der Waals surface area contributed by atoms with Crippen LogP contribution in [0, 0.1) is 0 Å². The molecule has 0 saturated carbocycles.